The zero-order valence-corrected chi connectivity index (χ0v) is 11.9. The summed E-state index contributed by atoms with van der Waals surface area (Å²) in [4.78, 5) is 25.0. The van der Waals surface area contributed by atoms with Gasteiger partial charge in [0.2, 0.25) is 11.8 Å². The minimum absolute atomic E-state index is 0.0131. The summed E-state index contributed by atoms with van der Waals surface area (Å²) in [5.41, 5.74) is 0. The lowest BCUT2D eigenvalue weighted by Crippen LogP contribution is -2.43. The van der Waals surface area contributed by atoms with Gasteiger partial charge in [0.05, 0.1) is 6.54 Å². The number of hydrogen-bond acceptors (Lipinski definition) is 2. The second-order valence-corrected chi connectivity index (χ2v) is 5.67. The Labute approximate surface area is 110 Å². The summed E-state index contributed by atoms with van der Waals surface area (Å²) in [6.07, 6.45) is 5.51. The monoisotopic (exact) mass is 254 g/mol. The maximum absolute atomic E-state index is 11.9. The van der Waals surface area contributed by atoms with E-state index in [1.807, 2.05) is 0 Å². The Balaban J connectivity index is 2.34. The smallest absolute Gasteiger partial charge is 0.239 e. The fourth-order valence-electron chi connectivity index (χ4n) is 2.28. The molecule has 4 nitrogen and oxygen atoms in total. The molecule has 0 atom stereocenters. The topological polar surface area (TPSA) is 49.4 Å². The Morgan fingerprint density at radius 3 is 2.39 bits per heavy atom. The van der Waals surface area contributed by atoms with E-state index in [1.165, 1.54) is 19.8 Å². The van der Waals surface area contributed by atoms with Gasteiger partial charge in [0, 0.05) is 19.5 Å². The molecule has 0 bridgehead atoms. The second kappa shape index (κ2) is 7.39. The zero-order chi connectivity index (χ0) is 13.5. The molecule has 18 heavy (non-hydrogen) atoms. The van der Waals surface area contributed by atoms with Crippen LogP contribution in [0.15, 0.2) is 0 Å². The summed E-state index contributed by atoms with van der Waals surface area (Å²) in [6, 6.07) is 0.330. The van der Waals surface area contributed by atoms with Crippen molar-refractivity contribution in [1.29, 1.82) is 0 Å². The molecule has 1 fully saturated rings. The van der Waals surface area contributed by atoms with Gasteiger partial charge in [0.25, 0.3) is 0 Å². The van der Waals surface area contributed by atoms with Gasteiger partial charge in [-0.3, -0.25) is 9.59 Å². The Kier molecular flexibility index (Phi) is 6.16. The second-order valence-electron chi connectivity index (χ2n) is 5.67. The molecule has 0 aliphatic heterocycles. The van der Waals surface area contributed by atoms with Crippen LogP contribution >= 0.6 is 0 Å². The van der Waals surface area contributed by atoms with Gasteiger partial charge < -0.3 is 10.2 Å². The molecule has 0 unspecified atom stereocenters. The average Bonchev–Trinajstić information content (AvgIpc) is 2.76. The number of amides is 2. The van der Waals surface area contributed by atoms with Crippen molar-refractivity contribution < 1.29 is 9.59 Å². The van der Waals surface area contributed by atoms with Crippen LogP contribution in [0, 0.1) is 5.92 Å². The Morgan fingerprint density at radius 1 is 1.28 bits per heavy atom. The maximum Gasteiger partial charge on any atom is 0.239 e. The van der Waals surface area contributed by atoms with Crippen LogP contribution in [0.5, 0.6) is 0 Å². The van der Waals surface area contributed by atoms with Crippen molar-refractivity contribution in [3.8, 4) is 0 Å². The van der Waals surface area contributed by atoms with Gasteiger partial charge in [-0.15, -0.1) is 0 Å². The third-order valence-corrected chi connectivity index (χ3v) is 3.48. The first-order valence-corrected chi connectivity index (χ1v) is 7.04. The highest BCUT2D eigenvalue weighted by Gasteiger charge is 2.19. The molecule has 1 aliphatic carbocycles. The molecule has 0 aromatic heterocycles. The number of nitrogens with zero attached hydrogens (tertiary/aromatic N) is 1. The highest BCUT2D eigenvalue weighted by Crippen LogP contribution is 2.17. The highest BCUT2D eigenvalue weighted by atomic mass is 16.2. The minimum atomic E-state index is -0.0165. The first kappa shape index (κ1) is 15.0. The number of nitrogens with one attached hydrogen (secondary N) is 1. The van der Waals surface area contributed by atoms with Gasteiger partial charge >= 0.3 is 0 Å². The molecule has 0 spiro atoms. The molecule has 0 aromatic rings. The molecule has 1 rings (SSSR count). The van der Waals surface area contributed by atoms with E-state index in [1.54, 1.807) is 4.90 Å². The van der Waals surface area contributed by atoms with Crippen LogP contribution in [-0.2, 0) is 9.59 Å². The fraction of sp³-hybridized carbons (Fsp3) is 0.857. The Morgan fingerprint density at radius 2 is 1.89 bits per heavy atom. The third kappa shape index (κ3) is 5.52. The van der Waals surface area contributed by atoms with Crippen molar-refractivity contribution in [3.63, 3.8) is 0 Å². The molecule has 1 saturated carbocycles. The van der Waals surface area contributed by atoms with Crippen molar-refractivity contribution in [3.05, 3.63) is 0 Å². The van der Waals surface area contributed by atoms with Crippen LogP contribution in [0.1, 0.15) is 52.9 Å². The van der Waals surface area contributed by atoms with E-state index in [0.29, 0.717) is 18.5 Å². The quantitative estimate of drug-likeness (QED) is 0.787. The predicted molar refractivity (Wildman–Crippen MR) is 72.1 cm³/mol. The van der Waals surface area contributed by atoms with Crippen molar-refractivity contribution >= 4 is 11.8 Å². The van der Waals surface area contributed by atoms with Gasteiger partial charge in [-0.25, -0.2) is 0 Å². The number of carbonyl (C=O) groups is 2. The van der Waals surface area contributed by atoms with E-state index in [0.717, 1.165) is 19.3 Å². The van der Waals surface area contributed by atoms with Gasteiger partial charge in [0.1, 0.15) is 0 Å². The largest absolute Gasteiger partial charge is 0.352 e. The van der Waals surface area contributed by atoms with Crippen LogP contribution < -0.4 is 5.32 Å². The molecule has 1 N–H and O–H groups in total. The van der Waals surface area contributed by atoms with Crippen LogP contribution in [0.2, 0.25) is 0 Å². The maximum atomic E-state index is 11.9. The molecule has 4 heteroatoms. The van der Waals surface area contributed by atoms with Gasteiger partial charge in [-0.05, 0) is 25.2 Å². The van der Waals surface area contributed by atoms with E-state index >= 15 is 0 Å². The Bertz CT molecular complexity index is 284. The molecule has 0 saturated heterocycles. The molecule has 104 valence electrons. The summed E-state index contributed by atoms with van der Waals surface area (Å²) < 4.78 is 0. The molecule has 0 radical (unpaired) electrons. The summed E-state index contributed by atoms with van der Waals surface area (Å²) in [5, 5.41) is 3.02. The fourth-order valence-corrected chi connectivity index (χ4v) is 2.28. The van der Waals surface area contributed by atoms with Crippen molar-refractivity contribution in [2.75, 3.05) is 13.1 Å². The van der Waals surface area contributed by atoms with Crippen molar-refractivity contribution in [1.82, 2.24) is 10.2 Å². The normalized spacial score (nSPS) is 16.0. The third-order valence-electron chi connectivity index (χ3n) is 3.48. The molecular weight excluding hydrogens is 228 g/mol. The summed E-state index contributed by atoms with van der Waals surface area (Å²) in [5.74, 6) is 0.517. The number of hydrogen-bond donors (Lipinski definition) is 1. The van der Waals surface area contributed by atoms with Gasteiger partial charge in [0.15, 0.2) is 0 Å². The predicted octanol–water partition coefficient (Wildman–Crippen LogP) is 1.94. The van der Waals surface area contributed by atoms with Crippen molar-refractivity contribution in [2.45, 2.75) is 58.9 Å². The van der Waals surface area contributed by atoms with Crippen LogP contribution in [0.3, 0.4) is 0 Å². The molecule has 0 aromatic carbocycles. The van der Waals surface area contributed by atoms with Crippen LogP contribution in [0.4, 0.5) is 0 Å². The standard InChI is InChI=1S/C14H26N2O2/c1-11(2)8-9-16(12(3)17)10-14(18)15-13-6-4-5-7-13/h11,13H,4-10H2,1-3H3,(H,15,18). The van der Waals surface area contributed by atoms with Crippen LogP contribution in [0.25, 0.3) is 0 Å². The van der Waals surface area contributed by atoms with Crippen molar-refractivity contribution in [2.24, 2.45) is 5.92 Å². The van der Waals surface area contributed by atoms with E-state index < -0.39 is 0 Å². The average molecular weight is 254 g/mol. The summed E-state index contributed by atoms with van der Waals surface area (Å²) in [6.45, 7) is 6.65. The first-order chi connectivity index (χ1) is 8.49. The highest BCUT2D eigenvalue weighted by molar-refractivity contribution is 5.83. The summed E-state index contributed by atoms with van der Waals surface area (Å²) >= 11 is 0. The zero-order valence-electron chi connectivity index (χ0n) is 11.9. The molecule has 2 amide bonds. The number of carbonyl (C=O) groups excluding carboxylic acids is 2. The van der Waals surface area contributed by atoms with E-state index in [-0.39, 0.29) is 18.4 Å². The molecule has 0 heterocycles. The number of rotatable bonds is 6. The van der Waals surface area contributed by atoms with E-state index in [4.69, 9.17) is 0 Å². The lowest BCUT2D eigenvalue weighted by atomic mass is 10.1. The lowest BCUT2D eigenvalue weighted by Gasteiger charge is -2.22. The van der Waals surface area contributed by atoms with Gasteiger partial charge in [-0.2, -0.15) is 0 Å². The molecule has 1 aliphatic rings. The van der Waals surface area contributed by atoms with E-state index in [9.17, 15) is 9.59 Å². The summed E-state index contributed by atoms with van der Waals surface area (Å²) in [7, 11) is 0. The first-order valence-electron chi connectivity index (χ1n) is 7.04. The lowest BCUT2D eigenvalue weighted by molar-refractivity contribution is -0.134. The SMILES string of the molecule is CC(=O)N(CCC(C)C)CC(=O)NC1CCCC1. The molecular formula is C14H26N2O2. The minimum Gasteiger partial charge on any atom is -0.352 e. The van der Waals surface area contributed by atoms with Gasteiger partial charge in [-0.1, -0.05) is 26.7 Å². The van der Waals surface area contributed by atoms with E-state index in [2.05, 4.69) is 19.2 Å². The van der Waals surface area contributed by atoms with Crippen LogP contribution in [-0.4, -0.2) is 35.8 Å². The Hall–Kier alpha value is -1.06.